The van der Waals surface area contributed by atoms with Gasteiger partial charge in [-0.1, -0.05) is 39.0 Å². The smallest absolute Gasteiger partial charge is 0.258 e. The number of nitrogens with zero attached hydrogens (tertiary/aromatic N) is 1. The maximum absolute atomic E-state index is 12.3. The van der Waals surface area contributed by atoms with E-state index >= 15 is 0 Å². The monoisotopic (exact) mass is 341 g/mol. The Morgan fingerprint density at radius 3 is 2.35 bits per heavy atom. The minimum Gasteiger partial charge on any atom is -0.313 e. The number of rotatable bonds is 1. The van der Waals surface area contributed by atoms with Crippen LogP contribution in [0.25, 0.3) is 10.8 Å². The Kier molecular flexibility index (Phi) is 3.30. The molecule has 1 heterocycles. The Hall–Kier alpha value is -0.840. The molecule has 0 unspecified atom stereocenters. The molecule has 90 valence electrons. The average molecular weight is 341 g/mol. The largest absolute Gasteiger partial charge is 0.313 e. The van der Waals surface area contributed by atoms with Gasteiger partial charge in [0, 0.05) is 27.1 Å². The number of halogens is 1. The van der Waals surface area contributed by atoms with Gasteiger partial charge in [0.2, 0.25) is 0 Å². The lowest BCUT2D eigenvalue weighted by molar-refractivity contribution is 0.339. The van der Waals surface area contributed by atoms with E-state index in [0.717, 1.165) is 20.9 Å². The van der Waals surface area contributed by atoms with Crippen molar-refractivity contribution in [2.45, 2.75) is 27.3 Å². The second-order valence-corrected chi connectivity index (χ2v) is 6.68. The molecule has 0 spiro atoms. The molecule has 0 aliphatic heterocycles. The zero-order valence-electron chi connectivity index (χ0n) is 10.3. The molecule has 0 N–H and O–H groups in total. The minimum absolute atomic E-state index is 0.107. The lowest BCUT2D eigenvalue weighted by atomic mass is 9.96. The molecule has 0 amide bonds. The fraction of sp³-hybridized carbons (Fsp3) is 0.357. The van der Waals surface area contributed by atoms with Crippen LogP contribution in [0, 0.1) is 8.99 Å². The molecule has 0 aliphatic carbocycles. The molecule has 0 atom stereocenters. The van der Waals surface area contributed by atoms with Crippen molar-refractivity contribution in [3.63, 3.8) is 0 Å². The summed E-state index contributed by atoms with van der Waals surface area (Å²) in [5.41, 5.74) is 0.214. The fourth-order valence-corrected chi connectivity index (χ4v) is 2.73. The molecule has 3 heteroatoms. The van der Waals surface area contributed by atoms with Crippen molar-refractivity contribution in [1.29, 1.82) is 0 Å². The van der Waals surface area contributed by atoms with Crippen LogP contribution >= 0.6 is 22.6 Å². The molecule has 2 nitrogen and oxygen atoms in total. The SMILES string of the molecule is CC(C)(C)Cn1cc(I)c2ccccc2c1=O. The van der Waals surface area contributed by atoms with Gasteiger partial charge in [-0.25, -0.2) is 0 Å². The summed E-state index contributed by atoms with van der Waals surface area (Å²) >= 11 is 2.29. The molecule has 0 bridgehead atoms. The molecule has 2 aromatic rings. The standard InChI is InChI=1S/C14H16INO/c1-14(2,3)9-16-8-12(15)10-6-4-5-7-11(10)13(16)17/h4-8H,9H2,1-3H3. The maximum Gasteiger partial charge on any atom is 0.258 e. The fourth-order valence-electron chi connectivity index (χ4n) is 1.93. The van der Waals surface area contributed by atoms with Crippen molar-refractivity contribution < 1.29 is 0 Å². The Morgan fingerprint density at radius 1 is 1.18 bits per heavy atom. The molecule has 0 radical (unpaired) electrons. The van der Waals surface area contributed by atoms with Crippen LogP contribution in [0.5, 0.6) is 0 Å². The Morgan fingerprint density at radius 2 is 1.76 bits per heavy atom. The van der Waals surface area contributed by atoms with Gasteiger partial charge in [0.25, 0.3) is 5.56 Å². The minimum atomic E-state index is 0.107. The van der Waals surface area contributed by atoms with Crippen LogP contribution in [0.2, 0.25) is 0 Å². The number of pyridine rings is 1. The van der Waals surface area contributed by atoms with Crippen LogP contribution in [0.15, 0.2) is 35.3 Å². The van der Waals surface area contributed by atoms with Gasteiger partial charge in [0.1, 0.15) is 0 Å². The van der Waals surface area contributed by atoms with Crippen LogP contribution in [0.3, 0.4) is 0 Å². The molecule has 0 saturated carbocycles. The van der Waals surface area contributed by atoms with Crippen molar-refractivity contribution in [3.8, 4) is 0 Å². The third-order valence-electron chi connectivity index (χ3n) is 2.59. The molecule has 17 heavy (non-hydrogen) atoms. The number of hydrogen-bond donors (Lipinski definition) is 0. The second kappa shape index (κ2) is 4.44. The number of aromatic nitrogens is 1. The van der Waals surface area contributed by atoms with E-state index in [2.05, 4.69) is 43.4 Å². The van der Waals surface area contributed by atoms with Crippen LogP contribution in [0.4, 0.5) is 0 Å². The van der Waals surface area contributed by atoms with Crippen LogP contribution < -0.4 is 5.56 Å². The summed E-state index contributed by atoms with van der Waals surface area (Å²) in [5.74, 6) is 0. The van der Waals surface area contributed by atoms with Gasteiger partial charge in [0.15, 0.2) is 0 Å². The highest BCUT2D eigenvalue weighted by atomic mass is 127. The molecule has 0 saturated heterocycles. The molecular formula is C14H16INO. The van der Waals surface area contributed by atoms with Crippen LogP contribution in [0.1, 0.15) is 20.8 Å². The van der Waals surface area contributed by atoms with Crippen molar-refractivity contribution in [1.82, 2.24) is 4.57 Å². The zero-order chi connectivity index (χ0) is 12.6. The van der Waals surface area contributed by atoms with Crippen LogP contribution in [-0.4, -0.2) is 4.57 Å². The van der Waals surface area contributed by atoms with E-state index in [1.54, 1.807) is 0 Å². The summed E-state index contributed by atoms with van der Waals surface area (Å²) in [6.07, 6.45) is 1.95. The molecule has 0 fully saturated rings. The highest BCUT2D eigenvalue weighted by Crippen LogP contribution is 2.20. The third kappa shape index (κ3) is 2.70. The van der Waals surface area contributed by atoms with E-state index < -0.39 is 0 Å². The average Bonchev–Trinajstić information content (AvgIpc) is 2.24. The van der Waals surface area contributed by atoms with E-state index in [-0.39, 0.29) is 11.0 Å². The topological polar surface area (TPSA) is 22.0 Å². The predicted molar refractivity (Wildman–Crippen MR) is 80.4 cm³/mol. The quantitative estimate of drug-likeness (QED) is 0.726. The summed E-state index contributed by atoms with van der Waals surface area (Å²) in [4.78, 5) is 12.3. The Balaban J connectivity index is 2.68. The number of benzene rings is 1. The zero-order valence-corrected chi connectivity index (χ0v) is 12.5. The molecule has 2 rings (SSSR count). The lowest BCUT2D eigenvalue weighted by Gasteiger charge is -2.20. The first-order valence-corrected chi connectivity index (χ1v) is 6.74. The summed E-state index contributed by atoms with van der Waals surface area (Å²) < 4.78 is 2.95. The Bertz CT molecular complexity index is 608. The van der Waals surface area contributed by atoms with Crippen molar-refractivity contribution in [2.75, 3.05) is 0 Å². The Labute approximate surface area is 115 Å². The van der Waals surface area contributed by atoms with Crippen molar-refractivity contribution >= 4 is 33.4 Å². The number of hydrogen-bond acceptors (Lipinski definition) is 1. The normalized spacial score (nSPS) is 12.0. The highest BCUT2D eigenvalue weighted by Gasteiger charge is 2.14. The van der Waals surface area contributed by atoms with Gasteiger partial charge in [-0.15, -0.1) is 0 Å². The van der Waals surface area contributed by atoms with E-state index in [1.165, 1.54) is 0 Å². The van der Waals surface area contributed by atoms with E-state index in [9.17, 15) is 4.79 Å². The van der Waals surface area contributed by atoms with Crippen molar-refractivity contribution in [3.05, 3.63) is 44.4 Å². The van der Waals surface area contributed by atoms with Gasteiger partial charge in [-0.2, -0.15) is 0 Å². The predicted octanol–water partition coefficient (Wildman–Crippen LogP) is 3.65. The van der Waals surface area contributed by atoms with E-state index in [0.29, 0.717) is 0 Å². The number of fused-ring (bicyclic) bond motifs is 1. The molecule has 0 aliphatic rings. The molecule has 1 aromatic carbocycles. The van der Waals surface area contributed by atoms with Gasteiger partial charge in [-0.3, -0.25) is 4.79 Å². The van der Waals surface area contributed by atoms with Gasteiger partial charge in [-0.05, 0) is 34.1 Å². The van der Waals surface area contributed by atoms with Gasteiger partial charge >= 0.3 is 0 Å². The first-order chi connectivity index (χ1) is 7.88. The maximum atomic E-state index is 12.3. The highest BCUT2D eigenvalue weighted by molar-refractivity contribution is 14.1. The van der Waals surface area contributed by atoms with Gasteiger partial charge < -0.3 is 4.57 Å². The lowest BCUT2D eigenvalue weighted by Crippen LogP contribution is -2.26. The summed E-state index contributed by atoms with van der Waals surface area (Å²) in [6.45, 7) is 7.16. The first-order valence-electron chi connectivity index (χ1n) is 5.66. The molecule has 1 aromatic heterocycles. The van der Waals surface area contributed by atoms with Gasteiger partial charge in [0.05, 0.1) is 0 Å². The van der Waals surface area contributed by atoms with Crippen molar-refractivity contribution in [2.24, 2.45) is 5.41 Å². The van der Waals surface area contributed by atoms with Crippen LogP contribution in [-0.2, 0) is 6.54 Å². The second-order valence-electron chi connectivity index (χ2n) is 5.52. The van der Waals surface area contributed by atoms with E-state index in [1.807, 2.05) is 35.0 Å². The summed E-state index contributed by atoms with van der Waals surface area (Å²) in [7, 11) is 0. The summed E-state index contributed by atoms with van der Waals surface area (Å²) in [5, 5.41) is 1.85. The first kappa shape index (κ1) is 12.6. The van der Waals surface area contributed by atoms with E-state index in [4.69, 9.17) is 0 Å². The third-order valence-corrected chi connectivity index (χ3v) is 3.45. The molecular weight excluding hydrogens is 325 g/mol. The summed E-state index contributed by atoms with van der Waals surface area (Å²) in [6, 6.07) is 7.79.